The predicted octanol–water partition coefficient (Wildman–Crippen LogP) is 8.86. The number of nitrogens with one attached hydrogen (secondary N) is 1. The molecule has 5 heterocycles. The number of alkyl halides is 2. The second-order valence-electron chi connectivity index (χ2n) is 13.6. The first-order valence-electron chi connectivity index (χ1n) is 17.5. The van der Waals surface area contributed by atoms with E-state index in [0.717, 1.165) is 84.5 Å². The van der Waals surface area contributed by atoms with Crippen molar-refractivity contribution >= 4 is 33.6 Å². The molecule has 2 aliphatic rings. The van der Waals surface area contributed by atoms with Crippen LogP contribution in [0.2, 0.25) is 0 Å². The van der Waals surface area contributed by atoms with Crippen molar-refractivity contribution in [2.24, 2.45) is 0 Å². The highest BCUT2D eigenvalue weighted by Gasteiger charge is 2.22. The molecule has 0 radical (unpaired) electrons. The number of nitrogens with zero attached hydrogens (tertiary/aromatic N) is 7. The number of anilines is 2. The highest BCUT2D eigenvalue weighted by molar-refractivity contribution is 5.90. The number of hydrogen-bond donors (Lipinski definition) is 1. The van der Waals surface area contributed by atoms with Gasteiger partial charge in [-0.15, -0.1) is 0 Å². The molecule has 0 saturated carbocycles. The maximum absolute atomic E-state index is 14.0. The summed E-state index contributed by atoms with van der Waals surface area (Å²) in [6.07, 6.45) is 3.68. The minimum atomic E-state index is -2.83. The Morgan fingerprint density at radius 1 is 0.804 bits per heavy atom. The van der Waals surface area contributed by atoms with Crippen molar-refractivity contribution in [1.29, 1.82) is 5.26 Å². The molecule has 6 aromatic rings. The quantitative estimate of drug-likeness (QED) is 0.160. The van der Waals surface area contributed by atoms with Crippen LogP contribution >= 0.6 is 0 Å². The molecule has 3 aromatic carbocycles. The van der Waals surface area contributed by atoms with Gasteiger partial charge >= 0.3 is 0 Å². The average molecular weight is 685 g/mol. The van der Waals surface area contributed by atoms with E-state index in [9.17, 15) is 14.0 Å². The van der Waals surface area contributed by atoms with Crippen molar-refractivity contribution in [3.63, 3.8) is 0 Å². The van der Waals surface area contributed by atoms with Crippen molar-refractivity contribution in [2.45, 2.75) is 59.0 Å². The van der Waals surface area contributed by atoms with Gasteiger partial charge in [-0.25, -0.2) is 23.7 Å². The molecule has 0 bridgehead atoms. The SMILES string of the molecule is Cc1c(Nc2nc(C(F)F)nc3cc(CN4CCCC4)cnc23)cccc1-c1cccc(-c2nc3cc(CN4CCCC4)cc(C#N)c3o2)c1C. The summed E-state index contributed by atoms with van der Waals surface area (Å²) < 4.78 is 34.3. The molecule has 51 heavy (non-hydrogen) atoms. The first-order valence-corrected chi connectivity index (χ1v) is 17.5. The Morgan fingerprint density at radius 3 is 2.16 bits per heavy atom. The second-order valence-corrected chi connectivity index (χ2v) is 13.6. The van der Waals surface area contributed by atoms with Crippen LogP contribution in [0.15, 0.2) is 65.2 Å². The van der Waals surface area contributed by atoms with Crippen LogP contribution in [0.5, 0.6) is 0 Å². The standard InChI is InChI=1S/C40H38F2N8O/c1-24-29(9-7-11-31(24)40-47-34-18-26(22-49-13-3-4-14-49)17-28(20-43)36(34)51-40)30-10-8-12-32(25(30)2)45-38-35-33(46-39(48-38)37(41)42)19-27(21-44-35)23-50-15-5-6-16-50/h7-12,17-19,21,37H,3-6,13-16,22-23H2,1-2H3,(H,45,46,48). The van der Waals surface area contributed by atoms with Gasteiger partial charge in [-0.1, -0.05) is 24.3 Å². The number of likely N-dealkylation sites (tertiary alicyclic amines) is 2. The third kappa shape index (κ3) is 6.53. The molecule has 258 valence electrons. The van der Waals surface area contributed by atoms with E-state index in [-0.39, 0.29) is 5.82 Å². The molecular weight excluding hydrogens is 646 g/mol. The fourth-order valence-corrected chi connectivity index (χ4v) is 7.48. The predicted molar refractivity (Wildman–Crippen MR) is 194 cm³/mol. The van der Waals surface area contributed by atoms with E-state index in [1.54, 1.807) is 6.20 Å². The summed E-state index contributed by atoms with van der Waals surface area (Å²) in [5.41, 5.74) is 9.78. The Labute approximate surface area is 295 Å². The van der Waals surface area contributed by atoms with Gasteiger partial charge in [0.05, 0.1) is 11.1 Å². The molecule has 2 saturated heterocycles. The number of oxazole rings is 1. The summed E-state index contributed by atoms with van der Waals surface area (Å²) in [5.74, 6) is 0.148. The van der Waals surface area contributed by atoms with E-state index in [1.165, 1.54) is 12.8 Å². The lowest BCUT2D eigenvalue weighted by molar-refractivity contribution is 0.141. The van der Waals surface area contributed by atoms with Gasteiger partial charge < -0.3 is 9.73 Å². The zero-order valence-electron chi connectivity index (χ0n) is 28.7. The summed E-state index contributed by atoms with van der Waals surface area (Å²) in [7, 11) is 0. The van der Waals surface area contributed by atoms with Gasteiger partial charge in [0.15, 0.2) is 17.2 Å². The van der Waals surface area contributed by atoms with Crippen LogP contribution in [0.25, 0.3) is 44.7 Å². The van der Waals surface area contributed by atoms with E-state index >= 15 is 0 Å². The van der Waals surface area contributed by atoms with Crippen molar-refractivity contribution in [2.75, 3.05) is 31.5 Å². The van der Waals surface area contributed by atoms with Crippen molar-refractivity contribution < 1.29 is 13.2 Å². The molecule has 0 spiro atoms. The summed E-state index contributed by atoms with van der Waals surface area (Å²) in [4.78, 5) is 22.7. The third-order valence-corrected chi connectivity index (χ3v) is 10.1. The van der Waals surface area contributed by atoms with Gasteiger partial charge in [-0.2, -0.15) is 5.26 Å². The van der Waals surface area contributed by atoms with Crippen LogP contribution in [-0.4, -0.2) is 55.9 Å². The number of pyridine rings is 1. The lowest BCUT2D eigenvalue weighted by Crippen LogP contribution is -2.18. The Balaban J connectivity index is 1.13. The first-order chi connectivity index (χ1) is 24.8. The number of rotatable bonds is 9. The maximum Gasteiger partial charge on any atom is 0.297 e. The Bertz CT molecular complexity index is 2300. The molecule has 1 N–H and O–H groups in total. The van der Waals surface area contributed by atoms with Gasteiger partial charge in [0.25, 0.3) is 6.43 Å². The normalized spacial score (nSPS) is 15.4. The second kappa shape index (κ2) is 13.8. The highest BCUT2D eigenvalue weighted by atomic mass is 19.3. The summed E-state index contributed by atoms with van der Waals surface area (Å²) in [6, 6.07) is 19.9. The van der Waals surface area contributed by atoms with Crippen LogP contribution in [0, 0.1) is 25.2 Å². The van der Waals surface area contributed by atoms with Crippen LogP contribution in [-0.2, 0) is 13.1 Å². The highest BCUT2D eigenvalue weighted by Crippen LogP contribution is 2.38. The Hall–Kier alpha value is -5.31. The monoisotopic (exact) mass is 684 g/mol. The summed E-state index contributed by atoms with van der Waals surface area (Å²) >= 11 is 0. The van der Waals surface area contributed by atoms with Gasteiger partial charge in [0.2, 0.25) is 5.89 Å². The van der Waals surface area contributed by atoms with E-state index in [1.807, 2.05) is 68.4 Å². The fraction of sp³-hybridized carbons (Fsp3) is 0.325. The lowest BCUT2D eigenvalue weighted by Gasteiger charge is -2.17. The number of halogens is 2. The molecule has 0 unspecified atom stereocenters. The average Bonchev–Trinajstić information content (AvgIpc) is 3.92. The largest absolute Gasteiger partial charge is 0.435 e. The minimum Gasteiger partial charge on any atom is -0.435 e. The maximum atomic E-state index is 14.0. The molecule has 8 rings (SSSR count). The van der Waals surface area contributed by atoms with Crippen LogP contribution < -0.4 is 5.32 Å². The topological polar surface area (TPSA) is 107 Å². The van der Waals surface area contributed by atoms with E-state index in [2.05, 4.69) is 36.1 Å². The lowest BCUT2D eigenvalue weighted by atomic mass is 9.93. The fourth-order valence-electron chi connectivity index (χ4n) is 7.48. The molecule has 0 amide bonds. The van der Waals surface area contributed by atoms with Gasteiger partial charge in [0.1, 0.15) is 17.1 Å². The van der Waals surface area contributed by atoms with Crippen LogP contribution in [0.1, 0.15) is 65.8 Å². The molecule has 9 nitrogen and oxygen atoms in total. The first kappa shape index (κ1) is 32.9. The number of benzene rings is 3. The molecule has 3 aromatic heterocycles. The minimum absolute atomic E-state index is 0.234. The molecular formula is C40H38F2N8O. The van der Waals surface area contributed by atoms with Crippen LogP contribution in [0.4, 0.5) is 20.3 Å². The molecule has 2 fully saturated rings. The van der Waals surface area contributed by atoms with Crippen molar-refractivity contribution in [3.05, 3.63) is 94.4 Å². The smallest absolute Gasteiger partial charge is 0.297 e. The zero-order chi connectivity index (χ0) is 35.1. The third-order valence-electron chi connectivity index (χ3n) is 10.1. The number of hydrogen-bond acceptors (Lipinski definition) is 9. The van der Waals surface area contributed by atoms with Gasteiger partial charge in [0, 0.05) is 30.5 Å². The van der Waals surface area contributed by atoms with Gasteiger partial charge in [-0.3, -0.25) is 14.8 Å². The molecule has 0 atom stereocenters. The van der Waals surface area contributed by atoms with E-state index in [0.29, 0.717) is 45.8 Å². The number of aromatic nitrogens is 4. The number of fused-ring (bicyclic) bond motifs is 2. The Morgan fingerprint density at radius 2 is 1.45 bits per heavy atom. The molecule has 2 aliphatic heterocycles. The van der Waals surface area contributed by atoms with Crippen molar-refractivity contribution in [3.8, 4) is 28.7 Å². The van der Waals surface area contributed by atoms with Gasteiger partial charge in [-0.05, 0) is 129 Å². The van der Waals surface area contributed by atoms with E-state index in [4.69, 9.17) is 9.40 Å². The summed E-state index contributed by atoms with van der Waals surface area (Å²) in [5, 5.41) is 13.3. The van der Waals surface area contributed by atoms with Crippen LogP contribution in [0.3, 0.4) is 0 Å². The molecule has 11 heteroatoms. The van der Waals surface area contributed by atoms with E-state index < -0.39 is 12.2 Å². The molecule has 0 aliphatic carbocycles. The zero-order valence-corrected chi connectivity index (χ0v) is 28.7. The van der Waals surface area contributed by atoms with Crippen molar-refractivity contribution in [1.82, 2.24) is 29.7 Å². The number of nitriles is 1. The Kier molecular flexibility index (Phi) is 8.88. The summed E-state index contributed by atoms with van der Waals surface area (Å²) in [6.45, 7) is 9.68.